The van der Waals surface area contributed by atoms with Crippen molar-refractivity contribution in [3.05, 3.63) is 81.9 Å². The summed E-state index contributed by atoms with van der Waals surface area (Å²) in [6.45, 7) is 3.54. The van der Waals surface area contributed by atoms with Crippen LogP contribution in [0.3, 0.4) is 0 Å². The number of nitrogens with one attached hydrogen (secondary N) is 2. The molecule has 37 heavy (non-hydrogen) atoms. The zero-order chi connectivity index (χ0) is 27.4. The average molecular weight is 543 g/mol. The largest absolute Gasteiger partial charge is 0.504 e. The monoisotopic (exact) mass is 542 g/mol. The third-order valence-corrected chi connectivity index (χ3v) is 5.74. The lowest BCUT2D eigenvalue weighted by Gasteiger charge is -2.17. The molecule has 9 nitrogen and oxygen atoms in total. The van der Waals surface area contributed by atoms with Crippen LogP contribution < -0.4 is 10.6 Å². The quantitative estimate of drug-likeness (QED) is 0.106. The van der Waals surface area contributed by atoms with Crippen LogP contribution in [0.2, 0.25) is 10.0 Å². The summed E-state index contributed by atoms with van der Waals surface area (Å²) in [7, 11) is -1.98. The van der Waals surface area contributed by atoms with Crippen LogP contribution in [0.5, 0.6) is 0 Å². The van der Waals surface area contributed by atoms with E-state index in [-0.39, 0.29) is 46.2 Å². The molecule has 0 aliphatic rings. The molecule has 0 saturated carbocycles. The summed E-state index contributed by atoms with van der Waals surface area (Å²) in [5, 5.41) is 33.8. The maximum absolute atomic E-state index is 13.1. The number of amides is 3. The van der Waals surface area contributed by atoms with Crippen molar-refractivity contribution in [3.8, 4) is 6.07 Å². The molecule has 0 aliphatic carbocycles. The molecule has 2 rings (SSSR count). The van der Waals surface area contributed by atoms with E-state index in [0.29, 0.717) is 18.4 Å². The zero-order valence-corrected chi connectivity index (χ0v) is 21.3. The van der Waals surface area contributed by atoms with Gasteiger partial charge in [-0.1, -0.05) is 60.1 Å². The van der Waals surface area contributed by atoms with Gasteiger partial charge in [-0.15, -0.1) is 0 Å². The van der Waals surface area contributed by atoms with Crippen molar-refractivity contribution in [2.24, 2.45) is 4.99 Å². The number of hydrogen-bond donors (Lipinski definition) is 4. The van der Waals surface area contributed by atoms with E-state index in [1.54, 1.807) is 36.4 Å². The van der Waals surface area contributed by atoms with Crippen molar-refractivity contribution < 1.29 is 24.4 Å². The topological polar surface area (TPSA) is 152 Å². The maximum atomic E-state index is 13.1. The van der Waals surface area contributed by atoms with Crippen molar-refractivity contribution in [2.75, 3.05) is 6.54 Å². The predicted molar refractivity (Wildman–Crippen MR) is 142 cm³/mol. The van der Waals surface area contributed by atoms with E-state index in [9.17, 15) is 24.4 Å². The summed E-state index contributed by atoms with van der Waals surface area (Å²) in [4.78, 5) is 41.5. The molecule has 0 fully saturated rings. The highest BCUT2D eigenvalue weighted by Gasteiger charge is 2.25. The third-order valence-electron chi connectivity index (χ3n) is 5.17. The second-order valence-corrected chi connectivity index (χ2v) is 8.81. The normalized spacial score (nSPS) is 11.7. The number of hydrogen-bond acceptors (Lipinski definition) is 6. The van der Waals surface area contributed by atoms with Crippen LogP contribution in [0.1, 0.15) is 35.2 Å². The van der Waals surface area contributed by atoms with Crippen LogP contribution in [-0.4, -0.2) is 53.1 Å². The Morgan fingerprint density at radius 1 is 1.11 bits per heavy atom. The first-order valence-corrected chi connectivity index (χ1v) is 12.0. The van der Waals surface area contributed by atoms with E-state index in [4.69, 9.17) is 28.5 Å². The van der Waals surface area contributed by atoms with Gasteiger partial charge in [0.25, 0.3) is 17.7 Å². The van der Waals surface area contributed by atoms with Gasteiger partial charge in [0, 0.05) is 18.0 Å². The van der Waals surface area contributed by atoms with E-state index < -0.39 is 30.9 Å². The first-order chi connectivity index (χ1) is 17.6. The fourth-order valence-corrected chi connectivity index (χ4v) is 3.59. The lowest BCUT2D eigenvalue weighted by molar-refractivity contribution is -0.120. The Bertz CT molecular complexity index is 1220. The smallest absolute Gasteiger partial charge is 0.422 e. The second-order valence-electron chi connectivity index (χ2n) is 7.97. The lowest BCUT2D eigenvalue weighted by Crippen LogP contribution is -2.41. The molecule has 2 aromatic rings. The minimum Gasteiger partial charge on any atom is -0.422 e. The van der Waals surface area contributed by atoms with Gasteiger partial charge in [-0.05, 0) is 43.0 Å². The van der Waals surface area contributed by atoms with E-state index in [0.717, 1.165) is 0 Å². The average Bonchev–Trinajstić information content (AvgIpc) is 2.88. The van der Waals surface area contributed by atoms with Crippen molar-refractivity contribution in [3.63, 3.8) is 0 Å². The second kappa shape index (κ2) is 14.9. The highest BCUT2D eigenvalue weighted by atomic mass is 35.5. The summed E-state index contributed by atoms with van der Waals surface area (Å²) in [5.41, 5.74) is 0.369. The molecular weight excluding hydrogens is 518 g/mol. The van der Waals surface area contributed by atoms with Gasteiger partial charge in [0.1, 0.15) is 17.7 Å². The number of carbonyl (C=O) groups is 3. The molecule has 4 N–H and O–H groups in total. The van der Waals surface area contributed by atoms with Crippen molar-refractivity contribution in [2.45, 2.75) is 31.7 Å². The Hall–Kier alpha value is -3.49. The van der Waals surface area contributed by atoms with Gasteiger partial charge in [-0.25, -0.2) is 4.99 Å². The maximum Gasteiger partial charge on any atom is 0.504 e. The predicted octanol–water partition coefficient (Wildman–Crippen LogP) is 2.68. The molecule has 0 saturated heterocycles. The van der Waals surface area contributed by atoms with Crippen LogP contribution in [0.15, 0.2) is 65.7 Å². The standard InChI is InChI=1S/C25H25BCl2N4O5/c1-16(15-29)23(33)30-12-6-5-9-21(31-24(34)19-14-18(27)10-11-20(19)28)25(35)32-22(26(36)37)13-17-7-3-2-4-8-17/h2-4,7-8,10-11,14,21,36-37H,1,5-6,9,12-13H2,(H,30,33)(H,31,34)/t21-/m0/s1. The van der Waals surface area contributed by atoms with Crippen molar-refractivity contribution >= 4 is 53.7 Å². The van der Waals surface area contributed by atoms with Gasteiger partial charge in [-0.2, -0.15) is 5.26 Å². The first-order valence-electron chi connectivity index (χ1n) is 11.3. The molecule has 0 unspecified atom stereocenters. The fourth-order valence-electron chi connectivity index (χ4n) is 3.21. The van der Waals surface area contributed by atoms with Gasteiger partial charge in [-0.3, -0.25) is 14.4 Å². The van der Waals surface area contributed by atoms with Crippen LogP contribution in [0.4, 0.5) is 0 Å². The molecule has 1 atom stereocenters. The van der Waals surface area contributed by atoms with Crippen LogP contribution in [0.25, 0.3) is 0 Å². The highest BCUT2D eigenvalue weighted by molar-refractivity contribution is 6.80. The number of benzene rings is 2. The minimum absolute atomic E-state index is 0.0137. The summed E-state index contributed by atoms with van der Waals surface area (Å²) in [6, 6.07) is 13.7. The van der Waals surface area contributed by atoms with Gasteiger partial charge >= 0.3 is 7.12 Å². The summed E-state index contributed by atoms with van der Waals surface area (Å²) < 4.78 is 0. The van der Waals surface area contributed by atoms with Gasteiger partial charge in [0.15, 0.2) is 0 Å². The minimum atomic E-state index is -1.98. The van der Waals surface area contributed by atoms with Gasteiger partial charge < -0.3 is 20.7 Å². The summed E-state index contributed by atoms with van der Waals surface area (Å²) in [6.07, 6.45) is 0.942. The molecular formula is C25H25BCl2N4O5. The third kappa shape index (κ3) is 9.82. The molecule has 0 aliphatic heterocycles. The fraction of sp³-hybridized carbons (Fsp3) is 0.240. The number of carbonyl (C=O) groups excluding carboxylic acids is 3. The molecule has 0 heterocycles. The van der Waals surface area contributed by atoms with Crippen molar-refractivity contribution in [1.82, 2.24) is 10.6 Å². The van der Waals surface area contributed by atoms with Crippen LogP contribution >= 0.6 is 23.2 Å². The van der Waals surface area contributed by atoms with E-state index in [2.05, 4.69) is 22.2 Å². The van der Waals surface area contributed by atoms with E-state index in [1.807, 2.05) is 0 Å². The molecule has 2 aromatic carbocycles. The molecule has 0 radical (unpaired) electrons. The molecule has 12 heteroatoms. The Labute approximate surface area is 225 Å². The molecule has 0 aromatic heterocycles. The number of halogens is 2. The number of nitriles is 1. The first kappa shape index (κ1) is 29.7. The summed E-state index contributed by atoms with van der Waals surface area (Å²) >= 11 is 12.1. The Kier molecular flexibility index (Phi) is 12.0. The zero-order valence-electron chi connectivity index (χ0n) is 19.8. The number of unbranched alkanes of at least 4 members (excludes halogenated alkanes) is 1. The Morgan fingerprint density at radius 2 is 1.81 bits per heavy atom. The van der Waals surface area contributed by atoms with E-state index >= 15 is 0 Å². The summed E-state index contributed by atoms with van der Waals surface area (Å²) in [5.74, 6) is -2.03. The number of rotatable bonds is 12. The number of nitrogens with zero attached hydrogens (tertiary/aromatic N) is 2. The van der Waals surface area contributed by atoms with Crippen LogP contribution in [0, 0.1) is 11.3 Å². The van der Waals surface area contributed by atoms with Crippen molar-refractivity contribution in [1.29, 1.82) is 5.26 Å². The van der Waals surface area contributed by atoms with E-state index in [1.165, 1.54) is 18.2 Å². The highest BCUT2D eigenvalue weighted by Crippen LogP contribution is 2.21. The molecule has 192 valence electrons. The molecule has 3 amide bonds. The SMILES string of the molecule is C=C(C#N)C(=O)NCCCC[C@H](NC(=O)c1cc(Cl)ccc1Cl)C(=O)N=C(Cc1ccccc1)B(O)O. The molecule has 0 bridgehead atoms. The Morgan fingerprint density at radius 3 is 2.46 bits per heavy atom. The van der Waals surface area contributed by atoms with Gasteiger partial charge in [0.05, 0.1) is 16.2 Å². The number of aliphatic imine (C=N–C) groups is 1. The lowest BCUT2D eigenvalue weighted by atomic mass is 9.79. The Balaban J connectivity index is 2.17. The molecule has 0 spiro atoms. The van der Waals surface area contributed by atoms with Crippen LogP contribution in [-0.2, 0) is 16.0 Å². The van der Waals surface area contributed by atoms with Gasteiger partial charge in [0.2, 0.25) is 0 Å².